The smallest absolute Gasteiger partial charge is 0.123 e. The first-order chi connectivity index (χ1) is 9.81. The standard InChI is InChI=1S/C16H20N2O2.ClH/c19-11-15(18-9-7-17-8-10-18)13-5-6-16(20)14-4-2-1-3-12(13)14;/h1-6,15,17,19-20H,7-11H2;1H/t15-;/m1./s1. The number of aromatic hydroxyl groups is 1. The largest absolute Gasteiger partial charge is 0.507 e. The van der Waals surface area contributed by atoms with Crippen molar-refractivity contribution < 1.29 is 10.2 Å². The molecule has 2 aromatic rings. The maximum atomic E-state index is 9.97. The molecule has 2 aromatic carbocycles. The minimum absolute atomic E-state index is 0. The van der Waals surface area contributed by atoms with Crippen molar-refractivity contribution >= 4 is 23.2 Å². The lowest BCUT2D eigenvalue weighted by atomic mass is 9.97. The Kier molecular flexibility index (Phi) is 5.42. The van der Waals surface area contributed by atoms with Crippen molar-refractivity contribution in [2.75, 3.05) is 32.8 Å². The number of nitrogens with zero attached hydrogens (tertiary/aromatic N) is 1. The summed E-state index contributed by atoms with van der Waals surface area (Å²) >= 11 is 0. The van der Waals surface area contributed by atoms with Crippen molar-refractivity contribution in [2.45, 2.75) is 6.04 Å². The fraction of sp³-hybridized carbons (Fsp3) is 0.375. The number of hydrogen-bond acceptors (Lipinski definition) is 4. The van der Waals surface area contributed by atoms with Crippen molar-refractivity contribution in [2.24, 2.45) is 0 Å². The molecule has 0 aliphatic carbocycles. The average molecular weight is 309 g/mol. The SMILES string of the molecule is Cl.OC[C@H](c1ccc(O)c2ccccc12)N1CCNCC1. The molecule has 4 nitrogen and oxygen atoms in total. The highest BCUT2D eigenvalue weighted by molar-refractivity contribution is 5.91. The summed E-state index contributed by atoms with van der Waals surface area (Å²) in [5.41, 5.74) is 1.09. The molecular formula is C16H21ClN2O2. The van der Waals surface area contributed by atoms with Crippen LogP contribution >= 0.6 is 12.4 Å². The number of rotatable bonds is 3. The van der Waals surface area contributed by atoms with Gasteiger partial charge in [-0.3, -0.25) is 4.90 Å². The van der Waals surface area contributed by atoms with Gasteiger partial charge in [-0.1, -0.05) is 30.3 Å². The Morgan fingerprint density at radius 2 is 1.71 bits per heavy atom. The highest BCUT2D eigenvalue weighted by Crippen LogP contribution is 2.33. The van der Waals surface area contributed by atoms with Crippen molar-refractivity contribution in [1.82, 2.24) is 10.2 Å². The van der Waals surface area contributed by atoms with E-state index in [0.717, 1.165) is 42.5 Å². The van der Waals surface area contributed by atoms with E-state index in [1.54, 1.807) is 6.07 Å². The maximum Gasteiger partial charge on any atom is 0.123 e. The first-order valence-corrected chi connectivity index (χ1v) is 7.07. The molecule has 1 fully saturated rings. The number of fused-ring (bicyclic) bond motifs is 1. The summed E-state index contributed by atoms with van der Waals surface area (Å²) in [5.74, 6) is 0.293. The molecular weight excluding hydrogens is 288 g/mol. The molecule has 1 aliphatic rings. The molecule has 0 saturated carbocycles. The minimum Gasteiger partial charge on any atom is -0.507 e. The Hall–Kier alpha value is -1.33. The van der Waals surface area contributed by atoms with Gasteiger partial charge in [0, 0.05) is 31.6 Å². The number of piperazine rings is 1. The molecule has 3 rings (SSSR count). The van der Waals surface area contributed by atoms with E-state index in [2.05, 4.69) is 10.2 Å². The van der Waals surface area contributed by atoms with Crippen LogP contribution in [0.3, 0.4) is 0 Å². The second-order valence-electron chi connectivity index (χ2n) is 5.20. The second-order valence-corrected chi connectivity index (χ2v) is 5.20. The van der Waals surface area contributed by atoms with E-state index < -0.39 is 0 Å². The monoisotopic (exact) mass is 308 g/mol. The fourth-order valence-electron chi connectivity index (χ4n) is 3.00. The molecule has 0 amide bonds. The lowest BCUT2D eigenvalue weighted by Gasteiger charge is -2.34. The number of aliphatic hydroxyl groups is 1. The summed E-state index contributed by atoms with van der Waals surface area (Å²) in [6.07, 6.45) is 0. The van der Waals surface area contributed by atoms with Crippen LogP contribution in [0.25, 0.3) is 10.8 Å². The van der Waals surface area contributed by atoms with Crippen LogP contribution in [0.4, 0.5) is 0 Å². The number of hydrogen-bond donors (Lipinski definition) is 3. The van der Waals surface area contributed by atoms with Crippen molar-refractivity contribution in [1.29, 1.82) is 0 Å². The van der Waals surface area contributed by atoms with Crippen LogP contribution in [0.2, 0.25) is 0 Å². The lowest BCUT2D eigenvalue weighted by molar-refractivity contribution is 0.111. The molecule has 1 heterocycles. The van der Waals surface area contributed by atoms with E-state index in [4.69, 9.17) is 0 Å². The minimum atomic E-state index is -0.0115. The highest BCUT2D eigenvalue weighted by atomic mass is 35.5. The highest BCUT2D eigenvalue weighted by Gasteiger charge is 2.23. The predicted octanol–water partition coefficient (Wildman–Crippen LogP) is 1.91. The molecule has 0 radical (unpaired) electrons. The van der Waals surface area contributed by atoms with Gasteiger partial charge in [0.05, 0.1) is 12.6 Å². The lowest BCUT2D eigenvalue weighted by Crippen LogP contribution is -2.46. The quantitative estimate of drug-likeness (QED) is 0.811. The van der Waals surface area contributed by atoms with E-state index in [-0.39, 0.29) is 25.1 Å². The third-order valence-electron chi connectivity index (χ3n) is 4.06. The summed E-state index contributed by atoms with van der Waals surface area (Å²) in [6, 6.07) is 11.5. The fourth-order valence-corrected chi connectivity index (χ4v) is 3.00. The summed E-state index contributed by atoms with van der Waals surface area (Å²) in [4.78, 5) is 2.30. The van der Waals surface area contributed by atoms with E-state index in [1.807, 2.05) is 30.3 Å². The predicted molar refractivity (Wildman–Crippen MR) is 87.1 cm³/mol. The van der Waals surface area contributed by atoms with E-state index in [1.165, 1.54) is 0 Å². The number of phenolic OH excluding ortho intramolecular Hbond substituents is 1. The van der Waals surface area contributed by atoms with Crippen LogP contribution < -0.4 is 5.32 Å². The molecule has 21 heavy (non-hydrogen) atoms. The molecule has 0 aromatic heterocycles. The van der Waals surface area contributed by atoms with Gasteiger partial charge in [0.15, 0.2) is 0 Å². The van der Waals surface area contributed by atoms with Gasteiger partial charge in [0.1, 0.15) is 5.75 Å². The number of phenols is 1. The molecule has 5 heteroatoms. The molecule has 114 valence electrons. The van der Waals surface area contributed by atoms with Gasteiger partial charge in [-0.05, 0) is 17.0 Å². The zero-order valence-electron chi connectivity index (χ0n) is 11.8. The first kappa shape index (κ1) is 16.0. The third-order valence-corrected chi connectivity index (χ3v) is 4.06. The van der Waals surface area contributed by atoms with E-state index in [9.17, 15) is 10.2 Å². The summed E-state index contributed by atoms with van der Waals surface area (Å²) in [7, 11) is 0. The maximum absolute atomic E-state index is 9.97. The van der Waals surface area contributed by atoms with Crippen LogP contribution in [0.15, 0.2) is 36.4 Å². The molecule has 0 spiro atoms. The van der Waals surface area contributed by atoms with Crippen LogP contribution in [0, 0.1) is 0 Å². The Morgan fingerprint density at radius 1 is 1.05 bits per heavy atom. The molecule has 0 unspecified atom stereocenters. The summed E-state index contributed by atoms with van der Waals surface area (Å²) in [6.45, 7) is 3.86. The van der Waals surface area contributed by atoms with E-state index >= 15 is 0 Å². The van der Waals surface area contributed by atoms with Crippen molar-refractivity contribution in [3.63, 3.8) is 0 Å². The Bertz CT molecular complexity index is 600. The zero-order chi connectivity index (χ0) is 13.9. The summed E-state index contributed by atoms with van der Waals surface area (Å²) in [5, 5.41) is 25.0. The topological polar surface area (TPSA) is 55.7 Å². The molecule has 1 atom stereocenters. The van der Waals surface area contributed by atoms with Crippen molar-refractivity contribution in [3.8, 4) is 5.75 Å². The Balaban J connectivity index is 0.00000161. The number of benzene rings is 2. The van der Waals surface area contributed by atoms with Gasteiger partial charge in [0.25, 0.3) is 0 Å². The van der Waals surface area contributed by atoms with Gasteiger partial charge in [0.2, 0.25) is 0 Å². The van der Waals surface area contributed by atoms with Gasteiger partial charge in [-0.2, -0.15) is 0 Å². The van der Waals surface area contributed by atoms with Crippen molar-refractivity contribution in [3.05, 3.63) is 42.0 Å². The van der Waals surface area contributed by atoms with Crippen LogP contribution in [-0.2, 0) is 0 Å². The first-order valence-electron chi connectivity index (χ1n) is 7.07. The average Bonchev–Trinajstić information content (AvgIpc) is 2.52. The van der Waals surface area contributed by atoms with Crippen LogP contribution in [0.5, 0.6) is 5.75 Å². The second kappa shape index (κ2) is 7.09. The molecule has 3 N–H and O–H groups in total. The number of halogens is 1. The van der Waals surface area contributed by atoms with Gasteiger partial charge in [-0.15, -0.1) is 12.4 Å². The number of nitrogens with one attached hydrogen (secondary N) is 1. The summed E-state index contributed by atoms with van der Waals surface area (Å²) < 4.78 is 0. The van der Waals surface area contributed by atoms with Gasteiger partial charge in [-0.25, -0.2) is 0 Å². The van der Waals surface area contributed by atoms with Gasteiger partial charge >= 0.3 is 0 Å². The van der Waals surface area contributed by atoms with Crippen LogP contribution in [0.1, 0.15) is 11.6 Å². The molecule has 1 aliphatic heterocycles. The van der Waals surface area contributed by atoms with E-state index in [0.29, 0.717) is 5.75 Å². The Morgan fingerprint density at radius 3 is 2.38 bits per heavy atom. The molecule has 0 bridgehead atoms. The van der Waals surface area contributed by atoms with Gasteiger partial charge < -0.3 is 15.5 Å². The molecule has 1 saturated heterocycles. The van der Waals surface area contributed by atoms with Crippen LogP contribution in [-0.4, -0.2) is 47.9 Å². The normalized spacial score (nSPS) is 17.4. The zero-order valence-corrected chi connectivity index (χ0v) is 12.6. The Labute approximate surface area is 130 Å². The third kappa shape index (κ3) is 3.14. The number of aliphatic hydroxyl groups excluding tert-OH is 1.